The van der Waals surface area contributed by atoms with Crippen LogP contribution in [0.15, 0.2) is 48.8 Å². The molecule has 1 aromatic carbocycles. The van der Waals surface area contributed by atoms with Crippen molar-refractivity contribution in [3.8, 4) is 5.69 Å². The van der Waals surface area contributed by atoms with E-state index >= 15 is 0 Å². The van der Waals surface area contributed by atoms with Crippen LogP contribution in [0.1, 0.15) is 5.69 Å². The van der Waals surface area contributed by atoms with Gasteiger partial charge in [-0.05, 0) is 48.8 Å². The zero-order chi connectivity index (χ0) is 14.4. The number of aromatic amines is 1. The number of aromatic nitrogens is 4. The van der Waals surface area contributed by atoms with Crippen molar-refractivity contribution in [3.05, 3.63) is 59.3 Å². The van der Waals surface area contributed by atoms with Gasteiger partial charge in [0.15, 0.2) is 10.4 Å². The first-order valence-corrected chi connectivity index (χ1v) is 7.06. The van der Waals surface area contributed by atoms with E-state index in [1.54, 1.807) is 6.20 Å². The first-order chi connectivity index (χ1) is 10.2. The van der Waals surface area contributed by atoms with Crippen LogP contribution in [0.3, 0.4) is 0 Å². The third kappa shape index (κ3) is 1.86. The Morgan fingerprint density at radius 2 is 2.05 bits per heavy atom. The van der Waals surface area contributed by atoms with Gasteiger partial charge in [-0.1, -0.05) is 12.1 Å². The maximum Gasteiger partial charge on any atom is 0.184 e. The number of hydrogen-bond donors (Lipinski definition) is 1. The highest BCUT2D eigenvalue weighted by Gasteiger charge is 2.10. The van der Waals surface area contributed by atoms with E-state index in [2.05, 4.69) is 21.0 Å². The van der Waals surface area contributed by atoms with Crippen molar-refractivity contribution in [1.82, 2.24) is 19.5 Å². The van der Waals surface area contributed by atoms with Crippen LogP contribution in [0.4, 0.5) is 0 Å². The second-order valence-corrected chi connectivity index (χ2v) is 5.35. The molecule has 0 radical (unpaired) electrons. The van der Waals surface area contributed by atoms with Crippen molar-refractivity contribution in [2.75, 3.05) is 0 Å². The lowest BCUT2D eigenvalue weighted by Gasteiger charge is -2.08. The van der Waals surface area contributed by atoms with E-state index in [0.29, 0.717) is 4.77 Å². The van der Waals surface area contributed by atoms with Crippen molar-refractivity contribution < 1.29 is 0 Å². The molecule has 0 fully saturated rings. The van der Waals surface area contributed by atoms with Crippen molar-refractivity contribution in [2.24, 2.45) is 0 Å². The smallest absolute Gasteiger partial charge is 0.184 e. The van der Waals surface area contributed by atoms with Crippen LogP contribution >= 0.6 is 12.2 Å². The third-order valence-corrected chi connectivity index (χ3v) is 3.86. The lowest BCUT2D eigenvalue weighted by Crippen LogP contribution is -1.97. The molecule has 0 spiro atoms. The minimum atomic E-state index is 0.638. The molecule has 5 heteroatoms. The standard InChI is InChI=1S/C16H12N4S/c1-10-5-6-13-15(18-10)20(16(21)19-13)14-4-2-3-11-7-8-17-9-12(11)14/h2-9H,1H3,(H,19,21). The van der Waals surface area contributed by atoms with Gasteiger partial charge in [0, 0.05) is 23.5 Å². The summed E-state index contributed by atoms with van der Waals surface area (Å²) in [6, 6.07) is 12.1. The summed E-state index contributed by atoms with van der Waals surface area (Å²) in [5.74, 6) is 0. The van der Waals surface area contributed by atoms with Gasteiger partial charge in [0.1, 0.15) is 0 Å². The first-order valence-electron chi connectivity index (χ1n) is 6.65. The molecule has 4 rings (SSSR count). The molecule has 0 aliphatic carbocycles. The van der Waals surface area contributed by atoms with E-state index in [-0.39, 0.29) is 0 Å². The van der Waals surface area contributed by atoms with Crippen molar-refractivity contribution in [1.29, 1.82) is 0 Å². The van der Waals surface area contributed by atoms with Crippen LogP contribution in [-0.4, -0.2) is 19.5 Å². The van der Waals surface area contributed by atoms with Gasteiger partial charge >= 0.3 is 0 Å². The van der Waals surface area contributed by atoms with E-state index in [1.807, 2.05) is 48.0 Å². The molecule has 4 aromatic rings. The highest BCUT2D eigenvalue weighted by atomic mass is 32.1. The molecule has 3 heterocycles. The van der Waals surface area contributed by atoms with Crippen LogP contribution in [0.5, 0.6) is 0 Å². The van der Waals surface area contributed by atoms with Gasteiger partial charge in [-0.25, -0.2) is 4.98 Å². The minimum absolute atomic E-state index is 0.638. The Bertz CT molecular complexity index is 1020. The molecule has 0 amide bonds. The topological polar surface area (TPSA) is 46.5 Å². The van der Waals surface area contributed by atoms with Gasteiger partial charge in [0.2, 0.25) is 0 Å². The number of rotatable bonds is 1. The van der Waals surface area contributed by atoms with Gasteiger partial charge in [-0.2, -0.15) is 0 Å². The van der Waals surface area contributed by atoms with Crippen molar-refractivity contribution >= 4 is 34.2 Å². The molecule has 1 N–H and O–H groups in total. The Kier molecular flexibility index (Phi) is 2.62. The maximum atomic E-state index is 5.49. The Balaban J connectivity index is 2.16. The Morgan fingerprint density at radius 1 is 1.14 bits per heavy atom. The van der Waals surface area contributed by atoms with Gasteiger partial charge in [0.25, 0.3) is 0 Å². The number of nitrogens with zero attached hydrogens (tertiary/aromatic N) is 3. The molecule has 0 unspecified atom stereocenters. The lowest BCUT2D eigenvalue weighted by atomic mass is 10.1. The molecule has 0 atom stereocenters. The molecule has 0 saturated carbocycles. The predicted octanol–water partition coefficient (Wildman–Crippen LogP) is 3.94. The lowest BCUT2D eigenvalue weighted by molar-refractivity contribution is 1.04. The fourth-order valence-electron chi connectivity index (χ4n) is 2.59. The number of benzene rings is 1. The van der Waals surface area contributed by atoms with E-state index in [0.717, 1.165) is 33.3 Å². The van der Waals surface area contributed by atoms with Crippen LogP contribution in [0, 0.1) is 11.7 Å². The highest BCUT2D eigenvalue weighted by Crippen LogP contribution is 2.25. The van der Waals surface area contributed by atoms with E-state index in [4.69, 9.17) is 12.2 Å². The largest absolute Gasteiger partial charge is 0.329 e. The number of aryl methyl sites for hydroxylation is 1. The van der Waals surface area contributed by atoms with Crippen LogP contribution in [0.2, 0.25) is 0 Å². The summed E-state index contributed by atoms with van der Waals surface area (Å²) in [7, 11) is 0. The first kappa shape index (κ1) is 12.2. The van der Waals surface area contributed by atoms with Crippen molar-refractivity contribution in [2.45, 2.75) is 6.92 Å². The predicted molar refractivity (Wildman–Crippen MR) is 86.3 cm³/mol. The third-order valence-electron chi connectivity index (χ3n) is 3.57. The van der Waals surface area contributed by atoms with Crippen LogP contribution < -0.4 is 0 Å². The molecule has 0 bridgehead atoms. The molecule has 3 aromatic heterocycles. The summed E-state index contributed by atoms with van der Waals surface area (Å²) in [4.78, 5) is 12.1. The molecule has 4 nitrogen and oxygen atoms in total. The minimum Gasteiger partial charge on any atom is -0.329 e. The number of pyridine rings is 2. The number of nitrogens with one attached hydrogen (secondary N) is 1. The van der Waals surface area contributed by atoms with Gasteiger partial charge < -0.3 is 4.98 Å². The quantitative estimate of drug-likeness (QED) is 0.540. The van der Waals surface area contributed by atoms with Crippen LogP contribution in [0.25, 0.3) is 27.6 Å². The Labute approximate surface area is 126 Å². The fourth-order valence-corrected chi connectivity index (χ4v) is 2.89. The summed E-state index contributed by atoms with van der Waals surface area (Å²) in [5.41, 5.74) is 3.74. The average molecular weight is 292 g/mol. The summed E-state index contributed by atoms with van der Waals surface area (Å²) in [5, 5.41) is 2.19. The van der Waals surface area contributed by atoms with Crippen molar-refractivity contribution in [3.63, 3.8) is 0 Å². The van der Waals surface area contributed by atoms with Gasteiger partial charge in [-0.3, -0.25) is 9.55 Å². The number of hydrogen-bond acceptors (Lipinski definition) is 3. The normalized spacial score (nSPS) is 11.3. The number of imidazole rings is 1. The van der Waals surface area contributed by atoms with Gasteiger partial charge in [0.05, 0.1) is 11.2 Å². The Hall–Kier alpha value is -2.53. The van der Waals surface area contributed by atoms with Gasteiger partial charge in [-0.15, -0.1) is 0 Å². The van der Waals surface area contributed by atoms with E-state index < -0.39 is 0 Å². The molecule has 0 aliphatic heterocycles. The molecular weight excluding hydrogens is 280 g/mol. The summed E-state index contributed by atoms with van der Waals surface area (Å²) >= 11 is 5.49. The molecular formula is C16H12N4S. The summed E-state index contributed by atoms with van der Waals surface area (Å²) < 4.78 is 2.61. The number of H-pyrrole nitrogens is 1. The Morgan fingerprint density at radius 3 is 2.95 bits per heavy atom. The molecule has 102 valence electrons. The summed E-state index contributed by atoms with van der Waals surface area (Å²) in [6.45, 7) is 1.98. The average Bonchev–Trinajstić information content (AvgIpc) is 2.82. The molecule has 0 saturated heterocycles. The summed E-state index contributed by atoms with van der Waals surface area (Å²) in [6.07, 6.45) is 3.66. The molecule has 0 aliphatic rings. The SMILES string of the molecule is Cc1ccc2[nH]c(=S)n(-c3cccc4ccncc34)c2n1. The number of fused-ring (bicyclic) bond motifs is 2. The monoisotopic (exact) mass is 292 g/mol. The zero-order valence-electron chi connectivity index (χ0n) is 11.4. The fraction of sp³-hybridized carbons (Fsp3) is 0.0625. The van der Waals surface area contributed by atoms with Crippen LogP contribution in [-0.2, 0) is 0 Å². The van der Waals surface area contributed by atoms with E-state index in [1.165, 1.54) is 0 Å². The zero-order valence-corrected chi connectivity index (χ0v) is 12.2. The second kappa shape index (κ2) is 4.49. The maximum absolute atomic E-state index is 5.49. The highest BCUT2D eigenvalue weighted by molar-refractivity contribution is 7.71. The van der Waals surface area contributed by atoms with E-state index in [9.17, 15) is 0 Å². The second-order valence-electron chi connectivity index (χ2n) is 4.96. The molecule has 21 heavy (non-hydrogen) atoms.